The smallest absolute Gasteiger partial charge is 0.274 e. The van der Waals surface area contributed by atoms with Crippen LogP contribution in [0.2, 0.25) is 0 Å². The maximum Gasteiger partial charge on any atom is 0.274 e. The zero-order valence-electron chi connectivity index (χ0n) is 11.0. The molecule has 0 fully saturated rings. The van der Waals surface area contributed by atoms with Gasteiger partial charge in [0, 0.05) is 0 Å². The number of sulfonamides is 1. The highest BCUT2D eigenvalue weighted by molar-refractivity contribution is 7.94. The Morgan fingerprint density at radius 3 is 2.75 bits per heavy atom. The summed E-state index contributed by atoms with van der Waals surface area (Å²) in [5.74, 6) is 0.383. The normalized spacial score (nSPS) is 11.3. The van der Waals surface area contributed by atoms with Crippen molar-refractivity contribution in [2.24, 2.45) is 0 Å². The minimum Gasteiger partial charge on any atom is -0.477 e. The van der Waals surface area contributed by atoms with Crippen LogP contribution in [0.3, 0.4) is 0 Å². The predicted molar refractivity (Wildman–Crippen MR) is 75.5 cm³/mol. The van der Waals surface area contributed by atoms with Gasteiger partial charge in [0.15, 0.2) is 10.0 Å². The third-order valence-corrected chi connectivity index (χ3v) is 5.20. The summed E-state index contributed by atoms with van der Waals surface area (Å²) in [6, 6.07) is 0. The molecule has 0 saturated carbocycles. The van der Waals surface area contributed by atoms with Crippen LogP contribution in [0.25, 0.3) is 0 Å². The van der Waals surface area contributed by atoms with E-state index in [1.807, 2.05) is 13.8 Å². The van der Waals surface area contributed by atoms with E-state index in [0.717, 1.165) is 16.3 Å². The van der Waals surface area contributed by atoms with E-state index >= 15 is 0 Å². The second-order valence-electron chi connectivity index (χ2n) is 3.71. The van der Waals surface area contributed by atoms with Crippen molar-refractivity contribution in [2.75, 3.05) is 11.3 Å². The van der Waals surface area contributed by atoms with E-state index in [4.69, 9.17) is 4.74 Å². The summed E-state index contributed by atoms with van der Waals surface area (Å²) in [7, 11) is -3.69. The average Bonchev–Trinajstić information content (AvgIpc) is 2.88. The van der Waals surface area contributed by atoms with Crippen LogP contribution >= 0.6 is 11.3 Å². The monoisotopic (exact) mass is 314 g/mol. The number of nitrogens with one attached hydrogen (secondary N) is 1. The lowest BCUT2D eigenvalue weighted by atomic mass is 10.5. The third kappa shape index (κ3) is 3.42. The molecule has 0 aromatic carbocycles. The zero-order valence-corrected chi connectivity index (χ0v) is 12.7. The Morgan fingerprint density at radius 1 is 1.30 bits per heavy atom. The third-order valence-electron chi connectivity index (χ3n) is 2.24. The van der Waals surface area contributed by atoms with Crippen molar-refractivity contribution in [1.29, 1.82) is 0 Å². The van der Waals surface area contributed by atoms with Crippen molar-refractivity contribution >= 4 is 27.2 Å². The van der Waals surface area contributed by atoms with E-state index in [-0.39, 0.29) is 15.9 Å². The van der Waals surface area contributed by atoms with E-state index in [0.29, 0.717) is 13.0 Å². The number of hydrogen-bond acceptors (Lipinski definition) is 7. The number of rotatable bonds is 6. The number of hydrogen-bond donors (Lipinski definition) is 1. The quantitative estimate of drug-likeness (QED) is 0.872. The van der Waals surface area contributed by atoms with Crippen LogP contribution in [0.5, 0.6) is 5.88 Å². The summed E-state index contributed by atoms with van der Waals surface area (Å²) in [6.07, 6.45) is 4.77. The molecule has 108 valence electrons. The van der Waals surface area contributed by atoms with Gasteiger partial charge in [-0.3, -0.25) is 9.71 Å². The lowest BCUT2D eigenvalue weighted by molar-refractivity contribution is 0.326. The topological polar surface area (TPSA) is 94.1 Å². The molecule has 9 heteroatoms. The molecule has 2 heterocycles. The molecule has 0 amide bonds. The molecule has 2 aromatic heterocycles. The van der Waals surface area contributed by atoms with Crippen molar-refractivity contribution in [3.05, 3.63) is 23.6 Å². The van der Waals surface area contributed by atoms with Crippen molar-refractivity contribution in [2.45, 2.75) is 24.5 Å². The second-order valence-corrected chi connectivity index (χ2v) is 6.73. The van der Waals surface area contributed by atoms with Crippen LogP contribution < -0.4 is 9.46 Å². The predicted octanol–water partition coefficient (Wildman–Crippen LogP) is 1.69. The van der Waals surface area contributed by atoms with E-state index in [2.05, 4.69) is 19.7 Å². The van der Waals surface area contributed by atoms with Crippen LogP contribution in [0.4, 0.5) is 5.82 Å². The van der Waals surface area contributed by atoms with Gasteiger partial charge in [-0.2, -0.15) is 4.98 Å². The van der Waals surface area contributed by atoms with Crippen LogP contribution in [0.15, 0.2) is 22.8 Å². The molecule has 2 aromatic rings. The Kier molecular flexibility index (Phi) is 4.50. The average molecular weight is 314 g/mol. The van der Waals surface area contributed by atoms with Crippen LogP contribution in [-0.4, -0.2) is 30.0 Å². The SMILES string of the molecule is CCOc1cncc(NS(=O)(=O)c2cnc(CC)s2)n1. The molecule has 0 atom stereocenters. The summed E-state index contributed by atoms with van der Waals surface area (Å²) in [6.45, 7) is 4.15. The van der Waals surface area contributed by atoms with Crippen LogP contribution in [-0.2, 0) is 16.4 Å². The zero-order chi connectivity index (χ0) is 14.6. The highest BCUT2D eigenvalue weighted by Gasteiger charge is 2.18. The van der Waals surface area contributed by atoms with Gasteiger partial charge in [-0.05, 0) is 13.3 Å². The molecule has 0 bridgehead atoms. The first-order valence-corrected chi connectivity index (χ1v) is 8.27. The molecule has 0 aliphatic heterocycles. The molecule has 0 aliphatic rings. The fraction of sp³-hybridized carbons (Fsp3) is 0.364. The van der Waals surface area contributed by atoms with Gasteiger partial charge in [0.25, 0.3) is 10.0 Å². The van der Waals surface area contributed by atoms with E-state index in [1.54, 1.807) is 0 Å². The molecule has 0 unspecified atom stereocenters. The molecule has 1 N–H and O–H groups in total. The molecular formula is C11H14N4O3S2. The first kappa shape index (κ1) is 14.7. The van der Waals surface area contributed by atoms with Gasteiger partial charge in [0.1, 0.15) is 0 Å². The standard InChI is InChI=1S/C11H14N4O3S2/c1-3-10-13-7-11(19-10)20(16,17)15-8-5-12-6-9(14-8)18-4-2/h5-7H,3-4H2,1-2H3,(H,14,15). The van der Waals surface area contributed by atoms with Crippen LogP contribution in [0.1, 0.15) is 18.9 Å². The van der Waals surface area contributed by atoms with Crippen LogP contribution in [0, 0.1) is 0 Å². The summed E-state index contributed by atoms with van der Waals surface area (Å²) in [5, 5.41) is 0.763. The van der Waals surface area contributed by atoms with Gasteiger partial charge in [-0.15, -0.1) is 11.3 Å². The molecule has 0 saturated heterocycles. The van der Waals surface area contributed by atoms with Gasteiger partial charge >= 0.3 is 0 Å². The lowest BCUT2D eigenvalue weighted by Gasteiger charge is -2.06. The number of aromatic nitrogens is 3. The van der Waals surface area contributed by atoms with Crippen molar-refractivity contribution < 1.29 is 13.2 Å². The van der Waals surface area contributed by atoms with Gasteiger partial charge in [0.2, 0.25) is 5.88 Å². The number of aryl methyl sites for hydroxylation is 1. The van der Waals surface area contributed by atoms with E-state index in [9.17, 15) is 8.42 Å². The summed E-state index contributed by atoms with van der Waals surface area (Å²) in [4.78, 5) is 11.9. The highest BCUT2D eigenvalue weighted by Crippen LogP contribution is 2.21. The Labute approximate surface area is 121 Å². The first-order valence-electron chi connectivity index (χ1n) is 5.97. The lowest BCUT2D eigenvalue weighted by Crippen LogP contribution is -2.13. The van der Waals surface area contributed by atoms with Gasteiger partial charge < -0.3 is 4.74 Å². The molecule has 20 heavy (non-hydrogen) atoms. The maximum atomic E-state index is 12.2. The fourth-order valence-corrected chi connectivity index (χ4v) is 3.49. The van der Waals surface area contributed by atoms with Crippen molar-refractivity contribution in [3.63, 3.8) is 0 Å². The minimum absolute atomic E-state index is 0.113. The second kappa shape index (κ2) is 6.14. The number of thiazole rings is 1. The fourth-order valence-electron chi connectivity index (χ4n) is 1.38. The Bertz CT molecular complexity index is 684. The van der Waals surface area contributed by atoms with E-state index in [1.165, 1.54) is 18.6 Å². The molecule has 0 aliphatic carbocycles. The number of anilines is 1. The summed E-state index contributed by atoms with van der Waals surface area (Å²) < 4.78 is 32.0. The number of ether oxygens (including phenoxy) is 1. The van der Waals surface area contributed by atoms with Crippen molar-refractivity contribution in [3.8, 4) is 5.88 Å². The molecular weight excluding hydrogens is 300 g/mol. The summed E-state index contributed by atoms with van der Waals surface area (Å²) >= 11 is 1.13. The van der Waals surface area contributed by atoms with Crippen molar-refractivity contribution in [1.82, 2.24) is 15.0 Å². The Balaban J connectivity index is 2.21. The van der Waals surface area contributed by atoms with E-state index < -0.39 is 10.0 Å². The van der Waals surface area contributed by atoms with Gasteiger partial charge in [-0.25, -0.2) is 13.4 Å². The highest BCUT2D eigenvalue weighted by atomic mass is 32.2. The maximum absolute atomic E-state index is 12.2. The number of nitrogens with zero attached hydrogens (tertiary/aromatic N) is 3. The van der Waals surface area contributed by atoms with Gasteiger partial charge in [-0.1, -0.05) is 6.92 Å². The van der Waals surface area contributed by atoms with Gasteiger partial charge in [0.05, 0.1) is 30.2 Å². The summed E-state index contributed by atoms with van der Waals surface area (Å²) in [5.41, 5.74) is 0. The molecule has 0 radical (unpaired) electrons. The minimum atomic E-state index is -3.69. The molecule has 2 rings (SSSR count). The Morgan fingerprint density at radius 2 is 2.10 bits per heavy atom. The molecule has 7 nitrogen and oxygen atoms in total. The molecule has 0 spiro atoms. The Hall–Kier alpha value is -1.74. The largest absolute Gasteiger partial charge is 0.477 e. The first-order chi connectivity index (χ1) is 9.55.